The van der Waals surface area contributed by atoms with Crippen molar-refractivity contribution in [3.8, 4) is 5.75 Å². The Kier molecular flexibility index (Phi) is 25.4. The van der Waals surface area contributed by atoms with Crippen molar-refractivity contribution in [1.29, 1.82) is 0 Å². The molecule has 0 unspecified atom stereocenters. The zero-order valence-corrected chi connectivity index (χ0v) is 25.4. The van der Waals surface area contributed by atoms with Crippen LogP contribution in [0.1, 0.15) is 52.3 Å². The van der Waals surface area contributed by atoms with Gasteiger partial charge in [0.2, 0.25) is 0 Å². The topological polar surface area (TPSA) is 63.6 Å². The van der Waals surface area contributed by atoms with Crippen molar-refractivity contribution in [2.45, 2.75) is 60.6 Å². The van der Waals surface area contributed by atoms with Crippen LogP contribution in [0.2, 0.25) is 0 Å². The van der Waals surface area contributed by atoms with Gasteiger partial charge in [-0.1, -0.05) is 86.7 Å². The van der Waals surface area contributed by atoms with Crippen molar-refractivity contribution >= 4 is 12.6 Å². The Balaban J connectivity index is -0.000000174. The van der Waals surface area contributed by atoms with Crippen LogP contribution >= 0.6 is 0 Å². The number of methoxy groups -OCH3 is 1. The number of rotatable bonds is 4. The summed E-state index contributed by atoms with van der Waals surface area (Å²) >= 11 is 0. The molecule has 41 heavy (non-hydrogen) atoms. The first-order chi connectivity index (χ1) is 19.4. The highest BCUT2D eigenvalue weighted by atomic mass is 19.4. The van der Waals surface area contributed by atoms with Crippen LogP contribution in [0.3, 0.4) is 0 Å². The second-order valence-electron chi connectivity index (χ2n) is 8.03. The highest BCUT2D eigenvalue weighted by Gasteiger charge is 2.19. The summed E-state index contributed by atoms with van der Waals surface area (Å²) in [6.07, 6.45) is 2.61. The molecule has 0 saturated heterocycles. The van der Waals surface area contributed by atoms with Crippen LogP contribution in [-0.2, 0) is 16.0 Å². The monoisotopic (exact) mass is 578 g/mol. The van der Waals surface area contributed by atoms with Crippen LogP contribution in [0.15, 0.2) is 96.8 Å². The molecular formula is C34H49F3O4. The minimum absolute atomic E-state index is 0. The fraction of sp³-hybridized carbons (Fsp3) is 0.324. The SMILES string of the molecule is C=C=C1C=C(C(=O)Cc2ccc(C)c(OC)c2)C=CC1.C=CC(F)(F)F.C=O.CC.CCO.Cc1cccc(C)c1.[HH].[HH]. The molecule has 0 spiro atoms. The second kappa shape index (κ2) is 25.1. The summed E-state index contributed by atoms with van der Waals surface area (Å²) in [7, 11) is 1.64. The standard InChI is InChI=1S/C18H18O2.C8H10.C3H3F3.C2H6O.C2H6.CH2O.2H2/c1-4-14-6-5-7-16(10-14)17(19)11-15-9-8-13(2)18(12-15)20-3;1-7-4-3-5-8(2)6-7;1-2-3(4,5)6;1-2-3;2*1-2;;/h5,7-10,12H,1,6,11H2,2-3H3;3-6H,1-2H3;2H,1H2;3H,2H2,1H3;1-2H3;1H2;2*1H. The number of aliphatic hydroxyl groups excluding tert-OH is 1. The molecule has 2 aromatic rings. The average molecular weight is 579 g/mol. The second-order valence-corrected chi connectivity index (χ2v) is 8.03. The highest BCUT2D eigenvalue weighted by Crippen LogP contribution is 2.21. The molecule has 230 valence electrons. The van der Waals surface area contributed by atoms with E-state index >= 15 is 0 Å². The summed E-state index contributed by atoms with van der Waals surface area (Å²) < 4.78 is 37.3. The summed E-state index contributed by atoms with van der Waals surface area (Å²) in [5.74, 6) is 0.912. The number of carbonyl (C=O) groups excluding carboxylic acids is 2. The third-order valence-electron chi connectivity index (χ3n) is 4.76. The van der Waals surface area contributed by atoms with Crippen LogP contribution in [0, 0.1) is 20.8 Å². The Morgan fingerprint density at radius 1 is 1.10 bits per heavy atom. The fourth-order valence-corrected chi connectivity index (χ4v) is 2.97. The number of allylic oxidation sites excluding steroid dienone is 6. The van der Waals surface area contributed by atoms with E-state index in [-0.39, 0.29) is 21.3 Å². The number of hydrogen-bond acceptors (Lipinski definition) is 4. The third-order valence-corrected chi connectivity index (χ3v) is 4.76. The maximum absolute atomic E-state index is 12.3. The van der Waals surface area contributed by atoms with Gasteiger partial charge >= 0.3 is 6.18 Å². The predicted octanol–water partition coefficient (Wildman–Crippen LogP) is 9.08. The van der Waals surface area contributed by atoms with Crippen molar-refractivity contribution in [2.75, 3.05) is 13.7 Å². The lowest BCUT2D eigenvalue weighted by Crippen LogP contribution is -2.07. The normalized spacial score (nSPS) is 10.8. The van der Waals surface area contributed by atoms with Crippen LogP contribution in [0.4, 0.5) is 13.2 Å². The number of benzene rings is 2. The third kappa shape index (κ3) is 21.6. The molecule has 0 aliphatic heterocycles. The lowest BCUT2D eigenvalue weighted by atomic mass is 9.96. The van der Waals surface area contributed by atoms with Crippen LogP contribution in [-0.4, -0.2) is 37.6 Å². The Bertz CT molecular complexity index is 1130. The Morgan fingerprint density at radius 2 is 1.61 bits per heavy atom. The molecule has 4 nitrogen and oxygen atoms in total. The van der Waals surface area contributed by atoms with Crippen LogP contribution < -0.4 is 4.74 Å². The number of aryl methyl sites for hydroxylation is 3. The molecule has 7 heteroatoms. The summed E-state index contributed by atoms with van der Waals surface area (Å²) in [5.41, 5.74) is 9.21. The van der Waals surface area contributed by atoms with E-state index in [4.69, 9.17) is 14.6 Å². The summed E-state index contributed by atoms with van der Waals surface area (Å²) in [5, 5.41) is 7.57. The fourth-order valence-electron chi connectivity index (χ4n) is 2.97. The number of halogens is 3. The molecule has 0 saturated carbocycles. The van der Waals surface area contributed by atoms with E-state index < -0.39 is 6.18 Å². The van der Waals surface area contributed by atoms with E-state index in [0.717, 1.165) is 28.9 Å². The van der Waals surface area contributed by atoms with Gasteiger partial charge in [-0.25, -0.2) is 0 Å². The van der Waals surface area contributed by atoms with Crippen LogP contribution in [0.25, 0.3) is 0 Å². The first kappa shape index (κ1) is 41.5. The van der Waals surface area contributed by atoms with Gasteiger partial charge in [0, 0.05) is 27.5 Å². The number of alkyl halides is 3. The van der Waals surface area contributed by atoms with Gasteiger partial charge in [0.05, 0.1) is 7.11 Å². The van der Waals surface area contributed by atoms with Crippen molar-refractivity contribution in [2.24, 2.45) is 0 Å². The number of ether oxygens (including phenoxy) is 1. The maximum atomic E-state index is 12.3. The molecule has 0 fully saturated rings. The first-order valence-corrected chi connectivity index (χ1v) is 13.0. The smallest absolute Gasteiger partial charge is 0.409 e. The Morgan fingerprint density at radius 3 is 2.00 bits per heavy atom. The van der Waals surface area contributed by atoms with Gasteiger partial charge in [-0.3, -0.25) is 4.79 Å². The molecule has 3 rings (SSSR count). The lowest BCUT2D eigenvalue weighted by molar-refractivity contribution is -0.114. The minimum atomic E-state index is -4.19. The van der Waals surface area contributed by atoms with Gasteiger partial charge in [-0.15, -0.1) is 5.73 Å². The lowest BCUT2D eigenvalue weighted by Gasteiger charge is -2.09. The molecule has 0 aromatic heterocycles. The molecule has 1 aliphatic carbocycles. The van der Waals surface area contributed by atoms with E-state index in [1.54, 1.807) is 14.0 Å². The highest BCUT2D eigenvalue weighted by molar-refractivity contribution is 6.00. The number of ketones is 1. The number of Topliss-reactive ketones (excluding diaryl/α,β-unsaturated/α-hetero) is 1. The molecule has 0 heterocycles. The average Bonchev–Trinajstić information content (AvgIpc) is 2.97. The predicted molar refractivity (Wildman–Crippen MR) is 169 cm³/mol. The first-order valence-electron chi connectivity index (χ1n) is 13.0. The molecule has 0 atom stereocenters. The van der Waals surface area contributed by atoms with E-state index in [2.05, 4.69) is 57.0 Å². The van der Waals surface area contributed by atoms with Gasteiger partial charge in [0.25, 0.3) is 0 Å². The van der Waals surface area contributed by atoms with E-state index in [1.807, 2.05) is 64.0 Å². The summed E-state index contributed by atoms with van der Waals surface area (Å²) in [6.45, 7) is 20.3. The van der Waals surface area contributed by atoms with E-state index in [0.29, 0.717) is 12.0 Å². The van der Waals surface area contributed by atoms with Crippen molar-refractivity contribution < 1.29 is 35.5 Å². The summed E-state index contributed by atoms with van der Waals surface area (Å²) in [4.78, 5) is 20.3. The Hall–Kier alpha value is -3.93. The van der Waals surface area contributed by atoms with Gasteiger partial charge in [-0.05, 0) is 63.0 Å². The Labute approximate surface area is 247 Å². The van der Waals surface area contributed by atoms with Gasteiger partial charge < -0.3 is 14.6 Å². The molecule has 1 N–H and O–H groups in total. The van der Waals surface area contributed by atoms with Gasteiger partial charge in [0.1, 0.15) is 12.5 Å². The number of aliphatic hydroxyl groups is 1. The number of carbonyl (C=O) groups is 2. The van der Waals surface area contributed by atoms with E-state index in [9.17, 15) is 18.0 Å². The van der Waals surface area contributed by atoms with E-state index in [1.165, 1.54) is 11.1 Å². The summed E-state index contributed by atoms with van der Waals surface area (Å²) in [6, 6.07) is 14.3. The van der Waals surface area contributed by atoms with Crippen molar-refractivity contribution in [1.82, 2.24) is 0 Å². The van der Waals surface area contributed by atoms with Crippen LogP contribution in [0.5, 0.6) is 5.75 Å². The van der Waals surface area contributed by atoms with Crippen molar-refractivity contribution in [3.63, 3.8) is 0 Å². The molecule has 0 amide bonds. The maximum Gasteiger partial charge on any atom is 0.409 e. The van der Waals surface area contributed by atoms with Crippen molar-refractivity contribution in [3.05, 3.63) is 119 Å². The molecule has 1 aliphatic rings. The molecule has 0 radical (unpaired) electrons. The minimum Gasteiger partial charge on any atom is -0.496 e. The molecule has 0 bridgehead atoms. The zero-order chi connectivity index (χ0) is 32.4. The molecule has 2 aromatic carbocycles. The zero-order valence-electron chi connectivity index (χ0n) is 25.4. The number of hydrogen-bond donors (Lipinski definition) is 1. The molecular weight excluding hydrogens is 529 g/mol. The van der Waals surface area contributed by atoms with Gasteiger partial charge in [-0.2, -0.15) is 13.2 Å². The largest absolute Gasteiger partial charge is 0.496 e. The quantitative estimate of drug-likeness (QED) is 0.290. The van der Waals surface area contributed by atoms with Gasteiger partial charge in [0.15, 0.2) is 5.78 Å².